The molecule has 1 unspecified atom stereocenters. The van der Waals surface area contributed by atoms with Crippen LogP contribution in [0.25, 0.3) is 0 Å². The number of benzene rings is 1. The Kier molecular flexibility index (Phi) is 4.22. The molecule has 5 heteroatoms. The van der Waals surface area contributed by atoms with Crippen molar-refractivity contribution in [3.63, 3.8) is 0 Å². The first kappa shape index (κ1) is 15.7. The molecule has 0 amide bonds. The van der Waals surface area contributed by atoms with Gasteiger partial charge in [-0.2, -0.15) is 5.10 Å². The summed E-state index contributed by atoms with van der Waals surface area (Å²) in [7, 11) is 0. The smallest absolute Gasteiger partial charge is 0.315 e. The molecule has 1 aromatic heterocycles. The molecule has 3 rings (SSSR count). The van der Waals surface area contributed by atoms with Gasteiger partial charge in [-0.3, -0.25) is 14.4 Å². The lowest BCUT2D eigenvalue weighted by Gasteiger charge is -2.25. The number of rotatable bonds is 5. The van der Waals surface area contributed by atoms with Crippen LogP contribution >= 0.6 is 0 Å². The first-order valence-electron chi connectivity index (χ1n) is 8.05. The highest BCUT2D eigenvalue weighted by Crippen LogP contribution is 2.35. The van der Waals surface area contributed by atoms with Gasteiger partial charge in [0.05, 0.1) is 6.20 Å². The van der Waals surface area contributed by atoms with Gasteiger partial charge in [-0.25, -0.2) is 0 Å². The highest BCUT2D eigenvalue weighted by atomic mass is 16.4. The molecule has 0 radical (unpaired) electrons. The van der Waals surface area contributed by atoms with Crippen molar-refractivity contribution in [2.24, 2.45) is 0 Å². The summed E-state index contributed by atoms with van der Waals surface area (Å²) in [6.07, 6.45) is 4.57. The fraction of sp³-hybridized carbons (Fsp3) is 0.444. The molecule has 1 aliphatic rings. The number of hydrogen-bond acceptors (Lipinski definition) is 3. The number of nitrogens with zero attached hydrogens (tertiary/aromatic N) is 3. The van der Waals surface area contributed by atoms with E-state index in [1.165, 1.54) is 0 Å². The van der Waals surface area contributed by atoms with Crippen molar-refractivity contribution in [1.29, 1.82) is 0 Å². The maximum atomic E-state index is 12.0. The van der Waals surface area contributed by atoms with Crippen molar-refractivity contribution in [3.8, 4) is 0 Å². The number of hydrogen-bond donors (Lipinski definition) is 1. The lowest BCUT2D eigenvalue weighted by atomic mass is 9.80. The summed E-state index contributed by atoms with van der Waals surface area (Å²) in [5.41, 5.74) is 1.23. The summed E-state index contributed by atoms with van der Waals surface area (Å²) in [5, 5.41) is 14.2. The van der Waals surface area contributed by atoms with E-state index in [4.69, 9.17) is 0 Å². The van der Waals surface area contributed by atoms with E-state index in [0.717, 1.165) is 24.2 Å². The quantitative estimate of drug-likeness (QED) is 0.922. The van der Waals surface area contributed by atoms with E-state index in [-0.39, 0.29) is 0 Å². The molecular formula is C18H23N3O2. The first-order valence-corrected chi connectivity index (χ1v) is 8.05. The van der Waals surface area contributed by atoms with Gasteiger partial charge in [0.1, 0.15) is 5.41 Å². The summed E-state index contributed by atoms with van der Waals surface area (Å²) in [6, 6.07) is 9.93. The number of aliphatic carboxylic acids is 1. The number of likely N-dealkylation sites (tertiary alicyclic amines) is 1. The Bertz CT molecular complexity index is 681. The zero-order valence-electron chi connectivity index (χ0n) is 13.6. The summed E-state index contributed by atoms with van der Waals surface area (Å²) < 4.78 is 1.94. The second kappa shape index (κ2) is 6.16. The maximum Gasteiger partial charge on any atom is 0.315 e. The molecule has 1 fully saturated rings. The molecule has 2 heterocycles. The molecule has 23 heavy (non-hydrogen) atoms. The second-order valence-corrected chi connectivity index (χ2v) is 6.64. The highest BCUT2D eigenvalue weighted by Gasteiger charge is 2.46. The number of carboxylic acid groups (broad SMARTS) is 1. The third-order valence-electron chi connectivity index (χ3n) is 4.67. The third kappa shape index (κ3) is 3.01. The van der Waals surface area contributed by atoms with E-state index >= 15 is 0 Å². The lowest BCUT2D eigenvalue weighted by Crippen LogP contribution is -2.38. The molecule has 1 atom stereocenters. The SMILES string of the molecule is CC(C)n1cc(CN2CCC(C(=O)O)(c3ccccc3)C2)cn1. The Morgan fingerprint density at radius 3 is 2.70 bits per heavy atom. The van der Waals surface area contributed by atoms with Crippen molar-refractivity contribution in [2.75, 3.05) is 13.1 Å². The van der Waals surface area contributed by atoms with Gasteiger partial charge in [0.2, 0.25) is 0 Å². The third-order valence-corrected chi connectivity index (χ3v) is 4.67. The van der Waals surface area contributed by atoms with Crippen LogP contribution in [-0.2, 0) is 16.8 Å². The summed E-state index contributed by atoms with van der Waals surface area (Å²) in [4.78, 5) is 14.2. The first-order chi connectivity index (χ1) is 11.0. The van der Waals surface area contributed by atoms with Crippen LogP contribution in [0, 0.1) is 0 Å². The van der Waals surface area contributed by atoms with Crippen LogP contribution in [0.5, 0.6) is 0 Å². The average Bonchev–Trinajstić information content (AvgIpc) is 3.16. The van der Waals surface area contributed by atoms with E-state index in [9.17, 15) is 9.90 Å². The van der Waals surface area contributed by atoms with Gasteiger partial charge < -0.3 is 5.11 Å². The van der Waals surface area contributed by atoms with Crippen LogP contribution in [0.2, 0.25) is 0 Å². The minimum atomic E-state index is -0.796. The van der Waals surface area contributed by atoms with Crippen molar-refractivity contribution in [2.45, 2.75) is 38.3 Å². The standard InChI is InChI=1S/C18H23N3O2/c1-14(2)21-12-15(10-19-21)11-20-9-8-18(13-20,17(22)23)16-6-4-3-5-7-16/h3-7,10,12,14H,8-9,11,13H2,1-2H3,(H,22,23). The van der Waals surface area contributed by atoms with Crippen LogP contribution in [0.15, 0.2) is 42.7 Å². The maximum absolute atomic E-state index is 12.0. The van der Waals surface area contributed by atoms with Crippen LogP contribution < -0.4 is 0 Å². The van der Waals surface area contributed by atoms with Crippen molar-refractivity contribution < 1.29 is 9.90 Å². The van der Waals surface area contributed by atoms with E-state index < -0.39 is 11.4 Å². The molecule has 122 valence electrons. The molecule has 0 aliphatic carbocycles. The molecule has 1 aromatic carbocycles. The van der Waals surface area contributed by atoms with E-state index in [2.05, 4.69) is 23.8 Å². The van der Waals surface area contributed by atoms with Gasteiger partial charge in [-0.1, -0.05) is 30.3 Å². The Labute approximate surface area is 136 Å². The van der Waals surface area contributed by atoms with Crippen LogP contribution in [0.1, 0.15) is 37.4 Å². The largest absolute Gasteiger partial charge is 0.481 e. The Morgan fingerprint density at radius 1 is 1.35 bits per heavy atom. The number of aromatic nitrogens is 2. The molecule has 0 spiro atoms. The van der Waals surface area contributed by atoms with Gasteiger partial charge in [-0.15, -0.1) is 0 Å². The molecule has 1 aliphatic heterocycles. The molecular weight excluding hydrogens is 290 g/mol. The van der Waals surface area contributed by atoms with Gasteiger partial charge in [-0.05, 0) is 25.8 Å². The van der Waals surface area contributed by atoms with E-state index in [1.807, 2.05) is 47.4 Å². The van der Waals surface area contributed by atoms with Crippen LogP contribution in [-0.4, -0.2) is 38.8 Å². The van der Waals surface area contributed by atoms with Gasteiger partial charge in [0.25, 0.3) is 0 Å². The van der Waals surface area contributed by atoms with Gasteiger partial charge in [0.15, 0.2) is 0 Å². The van der Waals surface area contributed by atoms with Crippen molar-refractivity contribution in [3.05, 3.63) is 53.9 Å². The van der Waals surface area contributed by atoms with Crippen molar-refractivity contribution in [1.82, 2.24) is 14.7 Å². The summed E-state index contributed by atoms with van der Waals surface area (Å²) in [6.45, 7) is 6.26. The molecule has 1 N–H and O–H groups in total. The average molecular weight is 313 g/mol. The van der Waals surface area contributed by atoms with Crippen molar-refractivity contribution >= 4 is 5.97 Å². The minimum Gasteiger partial charge on any atom is -0.481 e. The predicted octanol–water partition coefficient (Wildman–Crippen LogP) is 2.69. The molecule has 2 aromatic rings. The highest BCUT2D eigenvalue weighted by molar-refractivity contribution is 5.82. The zero-order valence-corrected chi connectivity index (χ0v) is 13.6. The normalized spacial score (nSPS) is 21.9. The van der Waals surface area contributed by atoms with E-state index in [0.29, 0.717) is 19.0 Å². The van der Waals surface area contributed by atoms with E-state index in [1.54, 1.807) is 0 Å². The fourth-order valence-electron chi connectivity index (χ4n) is 3.31. The lowest BCUT2D eigenvalue weighted by molar-refractivity contribution is -0.143. The predicted molar refractivity (Wildman–Crippen MR) is 88.3 cm³/mol. The summed E-state index contributed by atoms with van der Waals surface area (Å²) in [5.74, 6) is -0.732. The Balaban J connectivity index is 1.76. The van der Waals surface area contributed by atoms with Crippen LogP contribution in [0.3, 0.4) is 0 Å². The second-order valence-electron chi connectivity index (χ2n) is 6.64. The molecule has 0 bridgehead atoms. The van der Waals surface area contributed by atoms with Gasteiger partial charge >= 0.3 is 5.97 Å². The molecule has 1 saturated heterocycles. The minimum absolute atomic E-state index is 0.338. The molecule has 0 saturated carbocycles. The zero-order chi connectivity index (χ0) is 16.4. The fourth-order valence-corrected chi connectivity index (χ4v) is 3.31. The van der Waals surface area contributed by atoms with Crippen LogP contribution in [0.4, 0.5) is 0 Å². The monoisotopic (exact) mass is 313 g/mol. The number of carboxylic acids is 1. The Morgan fingerprint density at radius 2 is 2.09 bits per heavy atom. The molecule has 5 nitrogen and oxygen atoms in total. The Hall–Kier alpha value is -2.14. The topological polar surface area (TPSA) is 58.4 Å². The number of carbonyl (C=O) groups is 1. The van der Waals surface area contributed by atoms with Gasteiger partial charge in [0, 0.05) is 37.4 Å². The summed E-state index contributed by atoms with van der Waals surface area (Å²) >= 11 is 0.